The number of nitrogens with zero attached hydrogens (tertiary/aromatic N) is 2. The molecule has 23 heavy (non-hydrogen) atoms. The summed E-state index contributed by atoms with van der Waals surface area (Å²) in [4.78, 5) is 12.3. The first kappa shape index (κ1) is 17.4. The topological polar surface area (TPSA) is 82.2 Å². The number of halogens is 2. The van der Waals surface area contributed by atoms with Gasteiger partial charge in [0.15, 0.2) is 0 Å². The minimum Gasteiger partial charge on any atom is -0.381 e. The number of anilines is 1. The molecule has 0 atom stereocenters. The van der Waals surface area contributed by atoms with Crippen molar-refractivity contribution in [2.24, 2.45) is 5.73 Å². The van der Waals surface area contributed by atoms with E-state index in [2.05, 4.69) is 10.4 Å². The Labute approximate surface area is 139 Å². The van der Waals surface area contributed by atoms with Gasteiger partial charge in [0, 0.05) is 13.2 Å². The number of rotatable bonds is 3. The fraction of sp³-hybridized carbons (Fsp3) is 0.333. The normalized spacial score (nSPS) is 16.4. The zero-order valence-corrected chi connectivity index (χ0v) is 13.2. The van der Waals surface area contributed by atoms with Gasteiger partial charge in [0.05, 0.1) is 18.1 Å². The van der Waals surface area contributed by atoms with Gasteiger partial charge < -0.3 is 15.8 Å². The predicted molar refractivity (Wildman–Crippen MR) is 86.4 cm³/mol. The lowest BCUT2D eigenvalue weighted by molar-refractivity contribution is -0.124. The predicted octanol–water partition coefficient (Wildman–Crippen LogP) is 1.88. The van der Waals surface area contributed by atoms with E-state index in [4.69, 9.17) is 10.5 Å². The molecule has 124 valence electrons. The molecule has 2 aromatic rings. The minimum absolute atomic E-state index is 0. The Hall–Kier alpha value is -1.96. The highest BCUT2D eigenvalue weighted by Crippen LogP contribution is 2.21. The highest BCUT2D eigenvalue weighted by Gasteiger charge is 2.36. The van der Waals surface area contributed by atoms with Gasteiger partial charge in [-0.05, 0) is 25.0 Å². The van der Waals surface area contributed by atoms with E-state index in [0.29, 0.717) is 37.4 Å². The van der Waals surface area contributed by atoms with Crippen molar-refractivity contribution in [2.45, 2.75) is 18.4 Å². The van der Waals surface area contributed by atoms with Gasteiger partial charge in [0.25, 0.3) is 0 Å². The lowest BCUT2D eigenvalue weighted by atomic mass is 9.90. The second-order valence-corrected chi connectivity index (χ2v) is 5.35. The standard InChI is InChI=1S/C15H17FN4O2.ClH/c16-12-3-1-2-4-13(12)20-10-11(9-18-20)19-14(21)15(17)5-7-22-8-6-15;/h1-4,9-10H,5-8,17H2,(H,19,21);1H. The van der Waals surface area contributed by atoms with Gasteiger partial charge in [-0.25, -0.2) is 9.07 Å². The summed E-state index contributed by atoms with van der Waals surface area (Å²) in [6.07, 6.45) is 3.96. The van der Waals surface area contributed by atoms with Crippen molar-refractivity contribution in [3.63, 3.8) is 0 Å². The second kappa shape index (κ2) is 7.08. The molecule has 0 unspecified atom stereocenters. The van der Waals surface area contributed by atoms with Gasteiger partial charge in [-0.3, -0.25) is 4.79 Å². The van der Waals surface area contributed by atoms with E-state index in [1.807, 2.05) is 0 Å². The van der Waals surface area contributed by atoms with Crippen molar-refractivity contribution in [1.82, 2.24) is 9.78 Å². The van der Waals surface area contributed by atoms with Crippen LogP contribution in [0.5, 0.6) is 0 Å². The minimum atomic E-state index is -0.932. The number of hydrogen-bond donors (Lipinski definition) is 2. The van der Waals surface area contributed by atoms with Gasteiger partial charge in [-0.1, -0.05) is 12.1 Å². The molecule has 1 amide bonds. The monoisotopic (exact) mass is 340 g/mol. The van der Waals surface area contributed by atoms with Crippen molar-refractivity contribution in [1.29, 1.82) is 0 Å². The largest absolute Gasteiger partial charge is 0.381 e. The molecule has 0 aliphatic carbocycles. The first-order chi connectivity index (χ1) is 10.6. The fourth-order valence-corrected chi connectivity index (χ4v) is 2.37. The molecule has 3 rings (SSSR count). The van der Waals surface area contributed by atoms with Gasteiger partial charge >= 0.3 is 0 Å². The summed E-state index contributed by atoms with van der Waals surface area (Å²) in [5, 5.41) is 6.80. The lowest BCUT2D eigenvalue weighted by Crippen LogP contribution is -2.54. The van der Waals surface area contributed by atoms with Crippen LogP contribution in [0.3, 0.4) is 0 Å². The summed E-state index contributed by atoms with van der Waals surface area (Å²) in [6, 6.07) is 6.28. The van der Waals surface area contributed by atoms with Gasteiger partial charge in [-0.2, -0.15) is 5.10 Å². The van der Waals surface area contributed by atoms with E-state index < -0.39 is 5.54 Å². The first-order valence-corrected chi connectivity index (χ1v) is 7.06. The molecule has 1 saturated heterocycles. The molecular formula is C15H18ClFN4O2. The molecule has 3 N–H and O–H groups in total. The molecule has 2 heterocycles. The smallest absolute Gasteiger partial charge is 0.244 e. The Morgan fingerprint density at radius 2 is 2.04 bits per heavy atom. The van der Waals surface area contributed by atoms with Gasteiger partial charge in [0.2, 0.25) is 5.91 Å². The van der Waals surface area contributed by atoms with Crippen molar-refractivity contribution < 1.29 is 13.9 Å². The zero-order valence-electron chi connectivity index (χ0n) is 12.4. The van der Waals surface area contributed by atoms with E-state index in [9.17, 15) is 9.18 Å². The van der Waals surface area contributed by atoms with E-state index in [-0.39, 0.29) is 24.1 Å². The van der Waals surface area contributed by atoms with Gasteiger partial charge in [0.1, 0.15) is 17.0 Å². The number of aromatic nitrogens is 2. The van der Waals surface area contributed by atoms with Crippen molar-refractivity contribution in [2.75, 3.05) is 18.5 Å². The number of ether oxygens (including phenoxy) is 1. The van der Waals surface area contributed by atoms with Crippen molar-refractivity contribution >= 4 is 24.0 Å². The number of benzene rings is 1. The van der Waals surface area contributed by atoms with E-state index >= 15 is 0 Å². The van der Waals surface area contributed by atoms with Crippen LogP contribution in [0.1, 0.15) is 12.8 Å². The fourth-order valence-electron chi connectivity index (χ4n) is 2.37. The van der Waals surface area contributed by atoms with Crippen LogP contribution in [0, 0.1) is 5.82 Å². The number of amides is 1. The number of nitrogens with two attached hydrogens (primary N) is 1. The van der Waals surface area contributed by atoms with Crippen LogP contribution >= 0.6 is 12.4 Å². The molecule has 1 aliphatic heterocycles. The van der Waals surface area contributed by atoms with Crippen LogP contribution in [0.15, 0.2) is 36.7 Å². The van der Waals surface area contributed by atoms with Crippen LogP contribution < -0.4 is 11.1 Å². The molecule has 0 spiro atoms. The molecule has 1 aromatic heterocycles. The van der Waals surface area contributed by atoms with Crippen LogP contribution in [-0.2, 0) is 9.53 Å². The summed E-state index contributed by atoms with van der Waals surface area (Å²) in [5.41, 5.74) is 5.97. The molecule has 8 heteroatoms. The maximum absolute atomic E-state index is 13.7. The quantitative estimate of drug-likeness (QED) is 0.893. The van der Waals surface area contributed by atoms with E-state index in [0.717, 1.165) is 0 Å². The van der Waals surface area contributed by atoms with Crippen LogP contribution in [-0.4, -0.2) is 34.4 Å². The summed E-state index contributed by atoms with van der Waals surface area (Å²) >= 11 is 0. The molecule has 0 saturated carbocycles. The summed E-state index contributed by atoms with van der Waals surface area (Å²) in [5.74, 6) is -0.660. The molecular weight excluding hydrogens is 323 g/mol. The number of carbonyl (C=O) groups excluding carboxylic acids is 1. The third-order valence-electron chi connectivity index (χ3n) is 3.78. The Bertz CT molecular complexity index is 686. The van der Waals surface area contributed by atoms with E-state index in [1.165, 1.54) is 16.9 Å². The third-order valence-corrected chi connectivity index (χ3v) is 3.78. The molecule has 6 nitrogen and oxygen atoms in total. The molecule has 0 radical (unpaired) electrons. The third kappa shape index (κ3) is 3.69. The zero-order chi connectivity index (χ0) is 15.6. The first-order valence-electron chi connectivity index (χ1n) is 7.06. The second-order valence-electron chi connectivity index (χ2n) is 5.35. The van der Waals surface area contributed by atoms with Gasteiger partial charge in [-0.15, -0.1) is 12.4 Å². The Kier molecular flexibility index (Phi) is 5.35. The van der Waals surface area contributed by atoms with Crippen LogP contribution in [0.4, 0.5) is 10.1 Å². The highest BCUT2D eigenvalue weighted by atomic mass is 35.5. The molecule has 0 bridgehead atoms. The highest BCUT2D eigenvalue weighted by molar-refractivity contribution is 5.97. The number of nitrogens with one attached hydrogen (secondary N) is 1. The summed E-state index contributed by atoms with van der Waals surface area (Å²) in [7, 11) is 0. The Morgan fingerprint density at radius 3 is 2.74 bits per heavy atom. The molecule has 1 fully saturated rings. The van der Waals surface area contributed by atoms with E-state index in [1.54, 1.807) is 24.4 Å². The number of carbonyl (C=O) groups is 1. The molecule has 1 aliphatic rings. The SMILES string of the molecule is Cl.NC1(C(=O)Nc2cnn(-c3ccccc3F)c2)CCOCC1. The average Bonchev–Trinajstić information content (AvgIpc) is 2.97. The average molecular weight is 341 g/mol. The maximum atomic E-state index is 13.7. The maximum Gasteiger partial charge on any atom is 0.244 e. The number of para-hydroxylation sites is 1. The Balaban J connectivity index is 0.00000192. The van der Waals surface area contributed by atoms with Crippen molar-refractivity contribution in [3.05, 3.63) is 42.5 Å². The molecule has 1 aromatic carbocycles. The van der Waals surface area contributed by atoms with Crippen LogP contribution in [0.25, 0.3) is 5.69 Å². The summed E-state index contributed by atoms with van der Waals surface area (Å²) < 4.78 is 20.3. The number of hydrogen-bond acceptors (Lipinski definition) is 4. The Morgan fingerprint density at radius 1 is 1.35 bits per heavy atom. The lowest BCUT2D eigenvalue weighted by Gasteiger charge is -2.31. The van der Waals surface area contributed by atoms with Crippen LogP contribution in [0.2, 0.25) is 0 Å². The van der Waals surface area contributed by atoms with Crippen molar-refractivity contribution in [3.8, 4) is 5.69 Å². The summed E-state index contributed by atoms with van der Waals surface area (Å²) in [6.45, 7) is 0.941.